The molecule has 1 aliphatic carbocycles. The topological polar surface area (TPSA) is 88.4 Å². The van der Waals surface area contributed by atoms with Crippen LogP contribution >= 0.6 is 11.6 Å². The zero-order chi connectivity index (χ0) is 17.2. The summed E-state index contributed by atoms with van der Waals surface area (Å²) >= 11 is 6.03. The van der Waals surface area contributed by atoms with Gasteiger partial charge in [-0.3, -0.25) is 0 Å². The lowest BCUT2D eigenvalue weighted by Crippen LogP contribution is -2.50. The summed E-state index contributed by atoms with van der Waals surface area (Å²) in [6.45, 7) is 1.50. The van der Waals surface area contributed by atoms with E-state index in [-0.39, 0.29) is 22.1 Å². The van der Waals surface area contributed by atoms with E-state index in [1.54, 1.807) is 0 Å². The molecule has 0 amide bonds. The van der Waals surface area contributed by atoms with E-state index in [0.717, 1.165) is 0 Å². The molecule has 3 rings (SSSR count). The Morgan fingerprint density at radius 3 is 2.83 bits per heavy atom. The monoisotopic (exact) mass is 370 g/mol. The van der Waals surface area contributed by atoms with Crippen LogP contribution in [0.1, 0.15) is 24.8 Å². The van der Waals surface area contributed by atoms with Crippen molar-refractivity contribution in [2.24, 2.45) is 5.92 Å². The average molecular weight is 371 g/mol. The number of hydrogen-bond acceptors (Lipinski definition) is 5. The first kappa shape index (κ1) is 17.6. The molecule has 1 heterocycles. The van der Waals surface area contributed by atoms with Crippen molar-refractivity contribution in [3.05, 3.63) is 28.8 Å². The molecule has 2 fully saturated rings. The highest BCUT2D eigenvalue weighted by atomic mass is 35.5. The molecule has 2 aliphatic rings. The van der Waals surface area contributed by atoms with Crippen molar-refractivity contribution in [1.29, 1.82) is 5.26 Å². The molecule has 8 heteroatoms. The number of rotatable bonds is 6. The fourth-order valence-electron chi connectivity index (χ4n) is 2.61. The minimum Gasteiger partial charge on any atom is -0.379 e. The molecule has 1 N–H and O–H groups in total. The van der Waals surface area contributed by atoms with Gasteiger partial charge in [0.2, 0.25) is 10.0 Å². The van der Waals surface area contributed by atoms with Crippen LogP contribution in [0.4, 0.5) is 0 Å². The highest BCUT2D eigenvalue weighted by Gasteiger charge is 2.33. The largest absolute Gasteiger partial charge is 0.379 e. The Kier molecular flexibility index (Phi) is 5.42. The quantitative estimate of drug-likeness (QED) is 0.828. The molecule has 1 aromatic carbocycles. The molecule has 1 saturated carbocycles. The summed E-state index contributed by atoms with van der Waals surface area (Å²) in [5.41, 5.74) is 0.315. The normalized spacial score (nSPS) is 24.5. The first-order valence-electron chi connectivity index (χ1n) is 7.91. The van der Waals surface area contributed by atoms with Gasteiger partial charge in [0.25, 0.3) is 0 Å². The Bertz CT molecular complexity index is 743. The van der Waals surface area contributed by atoms with Crippen LogP contribution in [-0.2, 0) is 19.5 Å². The van der Waals surface area contributed by atoms with E-state index in [0.29, 0.717) is 37.7 Å². The number of nitrogens with zero attached hydrogens (tertiary/aromatic N) is 1. The van der Waals surface area contributed by atoms with E-state index in [9.17, 15) is 8.42 Å². The van der Waals surface area contributed by atoms with Gasteiger partial charge in [-0.25, -0.2) is 13.1 Å². The molecule has 24 heavy (non-hydrogen) atoms. The smallest absolute Gasteiger partial charge is 0.242 e. The fraction of sp³-hybridized carbons (Fsp3) is 0.562. The van der Waals surface area contributed by atoms with Gasteiger partial charge >= 0.3 is 0 Å². The number of halogens is 1. The van der Waals surface area contributed by atoms with Crippen LogP contribution in [0.2, 0.25) is 5.02 Å². The Balaban J connectivity index is 1.72. The van der Waals surface area contributed by atoms with E-state index < -0.39 is 10.0 Å². The van der Waals surface area contributed by atoms with E-state index >= 15 is 0 Å². The Morgan fingerprint density at radius 2 is 2.17 bits per heavy atom. The van der Waals surface area contributed by atoms with E-state index in [1.807, 2.05) is 6.07 Å². The van der Waals surface area contributed by atoms with Crippen molar-refractivity contribution in [3.8, 4) is 6.07 Å². The van der Waals surface area contributed by atoms with Crippen LogP contribution in [0.3, 0.4) is 0 Å². The lowest BCUT2D eigenvalue weighted by Gasteiger charge is -2.32. The molecule has 1 aliphatic heterocycles. The van der Waals surface area contributed by atoms with Crippen molar-refractivity contribution in [2.75, 3.05) is 19.8 Å². The Hall–Kier alpha value is -1.17. The standard InChI is InChI=1S/C16H19ClN2O4S/c17-13-7-12(8-18)3-4-16(13)24(20,21)19-14-5-6-22-10-15(14)23-9-11-1-2-11/h3-4,7,11,14-15,19H,1-2,5-6,9-10H2/t14-,15-/m1/s1. The Labute approximate surface area is 146 Å². The second-order valence-electron chi connectivity index (χ2n) is 6.16. The van der Waals surface area contributed by atoms with Gasteiger partial charge in [0, 0.05) is 13.2 Å². The molecule has 130 valence electrons. The van der Waals surface area contributed by atoms with Gasteiger partial charge in [-0.15, -0.1) is 0 Å². The van der Waals surface area contributed by atoms with Gasteiger partial charge in [0.1, 0.15) is 4.90 Å². The maximum Gasteiger partial charge on any atom is 0.242 e. The number of nitriles is 1. The molecule has 2 atom stereocenters. The predicted molar refractivity (Wildman–Crippen MR) is 88.2 cm³/mol. The highest BCUT2D eigenvalue weighted by Crippen LogP contribution is 2.30. The first-order valence-corrected chi connectivity index (χ1v) is 9.77. The summed E-state index contributed by atoms with van der Waals surface area (Å²) in [5, 5.41) is 8.89. The van der Waals surface area contributed by atoms with E-state index in [2.05, 4.69) is 4.72 Å². The van der Waals surface area contributed by atoms with E-state index in [4.69, 9.17) is 26.3 Å². The van der Waals surface area contributed by atoms with Gasteiger partial charge in [0.15, 0.2) is 0 Å². The van der Waals surface area contributed by atoms with Crippen molar-refractivity contribution >= 4 is 21.6 Å². The van der Waals surface area contributed by atoms with Gasteiger partial charge in [-0.1, -0.05) is 11.6 Å². The third-order valence-corrected chi connectivity index (χ3v) is 6.18. The number of sulfonamides is 1. The average Bonchev–Trinajstić information content (AvgIpc) is 3.37. The van der Waals surface area contributed by atoms with Crippen LogP contribution < -0.4 is 4.72 Å². The molecule has 1 aromatic rings. The van der Waals surface area contributed by atoms with Gasteiger partial charge < -0.3 is 9.47 Å². The lowest BCUT2D eigenvalue weighted by molar-refractivity contribution is -0.0672. The van der Waals surface area contributed by atoms with Crippen molar-refractivity contribution < 1.29 is 17.9 Å². The zero-order valence-corrected chi connectivity index (χ0v) is 14.6. The second kappa shape index (κ2) is 7.38. The van der Waals surface area contributed by atoms with Crippen LogP contribution in [0.15, 0.2) is 23.1 Å². The summed E-state index contributed by atoms with van der Waals surface area (Å²) < 4.78 is 39.2. The van der Waals surface area contributed by atoms with E-state index in [1.165, 1.54) is 31.0 Å². The summed E-state index contributed by atoms with van der Waals surface area (Å²) in [7, 11) is -3.80. The molecule has 0 unspecified atom stereocenters. The zero-order valence-electron chi connectivity index (χ0n) is 13.1. The maximum atomic E-state index is 12.6. The van der Waals surface area contributed by atoms with Gasteiger partial charge in [-0.2, -0.15) is 5.26 Å². The third-order valence-electron chi connectivity index (χ3n) is 4.20. The Morgan fingerprint density at radius 1 is 1.38 bits per heavy atom. The van der Waals surface area contributed by atoms with Crippen LogP contribution in [0.5, 0.6) is 0 Å². The summed E-state index contributed by atoms with van der Waals surface area (Å²) in [6.07, 6.45) is 2.59. The molecular weight excluding hydrogens is 352 g/mol. The molecule has 0 bridgehead atoms. The minimum atomic E-state index is -3.80. The molecule has 0 radical (unpaired) electrons. The number of ether oxygens (including phenoxy) is 2. The molecule has 1 saturated heterocycles. The van der Waals surface area contributed by atoms with Gasteiger partial charge in [0.05, 0.1) is 35.4 Å². The van der Waals surface area contributed by atoms with Crippen LogP contribution in [0, 0.1) is 17.2 Å². The summed E-state index contributed by atoms with van der Waals surface area (Å²) in [6, 6.07) is 5.71. The number of benzene rings is 1. The molecular formula is C16H19ClN2O4S. The highest BCUT2D eigenvalue weighted by molar-refractivity contribution is 7.89. The molecule has 0 aromatic heterocycles. The van der Waals surface area contributed by atoms with Crippen LogP contribution in [0.25, 0.3) is 0 Å². The van der Waals surface area contributed by atoms with Gasteiger partial charge in [-0.05, 0) is 43.4 Å². The third kappa shape index (κ3) is 4.26. The fourth-order valence-corrected chi connectivity index (χ4v) is 4.45. The lowest BCUT2D eigenvalue weighted by atomic mass is 10.1. The van der Waals surface area contributed by atoms with Crippen molar-refractivity contribution in [3.63, 3.8) is 0 Å². The first-order chi connectivity index (χ1) is 11.5. The molecule has 6 nitrogen and oxygen atoms in total. The second-order valence-corrected chi connectivity index (χ2v) is 8.25. The number of nitrogens with one attached hydrogen (secondary N) is 1. The summed E-state index contributed by atoms with van der Waals surface area (Å²) in [5.74, 6) is 0.595. The predicted octanol–water partition coefficient (Wildman–Crippen LogP) is 2.07. The van der Waals surface area contributed by atoms with Crippen LogP contribution in [-0.4, -0.2) is 40.4 Å². The van der Waals surface area contributed by atoms with Crippen molar-refractivity contribution in [1.82, 2.24) is 4.72 Å². The minimum absolute atomic E-state index is 0.0315. The maximum absolute atomic E-state index is 12.6. The number of hydrogen-bond donors (Lipinski definition) is 1. The van der Waals surface area contributed by atoms with Crippen molar-refractivity contribution in [2.45, 2.75) is 36.3 Å². The SMILES string of the molecule is N#Cc1ccc(S(=O)(=O)N[C@@H]2CCOC[C@H]2OCC2CC2)c(Cl)c1. The summed E-state index contributed by atoms with van der Waals surface area (Å²) in [4.78, 5) is -0.0319. The molecule has 0 spiro atoms.